The van der Waals surface area contributed by atoms with Crippen molar-refractivity contribution in [1.82, 2.24) is 9.44 Å². The van der Waals surface area contributed by atoms with Crippen LogP contribution in [0.4, 0.5) is 0 Å². The van der Waals surface area contributed by atoms with Gasteiger partial charge in [-0.3, -0.25) is 9.44 Å². The first kappa shape index (κ1) is 23.3. The minimum absolute atomic E-state index is 0.0572. The standard InChI is InChI=1S/C26H22N2O4S2/c29-33(30,23-17-9-3-10-18-23)27-25(21-13-5-1-6-14-21)26(22-15-7-2-8-16-22)28-34(31,32)24-19-11-4-12-20-24/h1-20,27-28H/b26-25+. The topological polar surface area (TPSA) is 92.3 Å². The Kier molecular flexibility index (Phi) is 6.81. The Morgan fingerprint density at radius 2 is 0.676 bits per heavy atom. The van der Waals surface area contributed by atoms with E-state index >= 15 is 0 Å². The zero-order valence-corrected chi connectivity index (χ0v) is 19.6. The van der Waals surface area contributed by atoms with Crippen LogP contribution in [0.1, 0.15) is 11.1 Å². The van der Waals surface area contributed by atoms with E-state index in [2.05, 4.69) is 9.44 Å². The summed E-state index contributed by atoms with van der Waals surface area (Å²) in [4.78, 5) is 0.114. The monoisotopic (exact) mass is 490 g/mol. The Morgan fingerprint density at radius 3 is 0.971 bits per heavy atom. The zero-order chi connectivity index (χ0) is 24.0. The number of sulfonamides is 2. The van der Waals surface area contributed by atoms with Crippen molar-refractivity contribution in [2.75, 3.05) is 0 Å². The molecule has 0 atom stereocenters. The van der Waals surface area contributed by atoms with Crippen LogP contribution in [0.15, 0.2) is 131 Å². The number of hydrogen-bond acceptors (Lipinski definition) is 4. The maximum atomic E-state index is 13.3. The summed E-state index contributed by atoms with van der Waals surface area (Å²) in [6, 6.07) is 33.3. The molecule has 0 radical (unpaired) electrons. The third-order valence-corrected chi connectivity index (χ3v) is 7.69. The molecule has 2 N–H and O–H groups in total. The Labute approximate surface area is 199 Å². The van der Waals surface area contributed by atoms with Gasteiger partial charge < -0.3 is 0 Å². The van der Waals surface area contributed by atoms with Gasteiger partial charge in [0, 0.05) is 11.1 Å². The third kappa shape index (κ3) is 5.36. The molecular weight excluding hydrogens is 468 g/mol. The first-order valence-electron chi connectivity index (χ1n) is 10.4. The van der Waals surface area contributed by atoms with Crippen LogP contribution >= 0.6 is 0 Å². The van der Waals surface area contributed by atoms with Gasteiger partial charge in [0.15, 0.2) is 0 Å². The second-order valence-electron chi connectivity index (χ2n) is 7.32. The van der Waals surface area contributed by atoms with E-state index in [0.717, 1.165) is 0 Å². The molecule has 0 amide bonds. The maximum absolute atomic E-state index is 13.3. The number of nitrogens with one attached hydrogen (secondary N) is 2. The van der Waals surface area contributed by atoms with Crippen molar-refractivity contribution in [3.63, 3.8) is 0 Å². The molecule has 0 bridgehead atoms. The van der Waals surface area contributed by atoms with E-state index in [-0.39, 0.29) is 21.2 Å². The SMILES string of the molecule is O=S(=O)(N/C(=C(/NS(=O)(=O)c1ccccc1)c1ccccc1)c1ccccc1)c1ccccc1. The summed E-state index contributed by atoms with van der Waals surface area (Å²) in [5, 5.41) is 0. The molecule has 4 aromatic rings. The molecular formula is C26H22N2O4S2. The highest BCUT2D eigenvalue weighted by Gasteiger charge is 2.24. The highest BCUT2D eigenvalue weighted by Crippen LogP contribution is 2.26. The van der Waals surface area contributed by atoms with Crippen LogP contribution in [0.5, 0.6) is 0 Å². The lowest BCUT2D eigenvalue weighted by Gasteiger charge is -2.20. The second-order valence-corrected chi connectivity index (χ2v) is 10.7. The van der Waals surface area contributed by atoms with Gasteiger partial charge in [0.25, 0.3) is 20.0 Å². The Bertz CT molecular complexity index is 1370. The van der Waals surface area contributed by atoms with Gasteiger partial charge in [0.1, 0.15) is 0 Å². The van der Waals surface area contributed by atoms with E-state index in [9.17, 15) is 16.8 Å². The first-order valence-corrected chi connectivity index (χ1v) is 13.3. The van der Waals surface area contributed by atoms with Gasteiger partial charge in [-0.25, -0.2) is 16.8 Å². The molecule has 34 heavy (non-hydrogen) atoms. The predicted molar refractivity (Wildman–Crippen MR) is 133 cm³/mol. The summed E-state index contributed by atoms with van der Waals surface area (Å²) < 4.78 is 58.3. The molecule has 0 saturated heterocycles. The predicted octanol–water partition coefficient (Wildman–Crippen LogP) is 4.47. The quantitative estimate of drug-likeness (QED) is 0.357. The molecule has 0 aliphatic heterocycles. The molecule has 6 nitrogen and oxygen atoms in total. The Morgan fingerprint density at radius 1 is 0.412 bits per heavy atom. The molecule has 0 aliphatic carbocycles. The summed E-state index contributed by atoms with van der Waals surface area (Å²) in [5.74, 6) is 0. The highest BCUT2D eigenvalue weighted by atomic mass is 32.2. The third-order valence-electron chi connectivity index (χ3n) is 4.95. The Balaban J connectivity index is 1.93. The van der Waals surface area contributed by atoms with Gasteiger partial charge in [0.05, 0.1) is 21.2 Å². The lowest BCUT2D eigenvalue weighted by atomic mass is 10.1. The molecule has 0 aliphatic rings. The normalized spacial score (nSPS) is 12.5. The molecule has 0 heterocycles. The van der Waals surface area contributed by atoms with Crippen molar-refractivity contribution in [3.05, 3.63) is 132 Å². The van der Waals surface area contributed by atoms with Gasteiger partial charge in [-0.2, -0.15) is 0 Å². The average molecular weight is 491 g/mol. The lowest BCUT2D eigenvalue weighted by molar-refractivity contribution is 0.588. The van der Waals surface area contributed by atoms with E-state index in [0.29, 0.717) is 11.1 Å². The number of hydrogen-bond donors (Lipinski definition) is 2. The molecule has 4 rings (SSSR count). The molecule has 172 valence electrons. The van der Waals surface area contributed by atoms with Crippen LogP contribution in [-0.4, -0.2) is 16.8 Å². The van der Waals surface area contributed by atoms with E-state index in [4.69, 9.17) is 0 Å². The number of benzene rings is 4. The summed E-state index contributed by atoms with van der Waals surface area (Å²) in [7, 11) is -8.05. The van der Waals surface area contributed by atoms with Crippen molar-refractivity contribution in [1.29, 1.82) is 0 Å². The lowest BCUT2D eigenvalue weighted by Crippen LogP contribution is -2.29. The van der Waals surface area contributed by atoms with E-state index in [1.54, 1.807) is 97.1 Å². The van der Waals surface area contributed by atoms with Crippen LogP contribution < -0.4 is 9.44 Å². The molecule has 0 aromatic heterocycles. The van der Waals surface area contributed by atoms with E-state index < -0.39 is 20.0 Å². The molecule has 8 heteroatoms. The van der Waals surface area contributed by atoms with Gasteiger partial charge in [0.2, 0.25) is 0 Å². The van der Waals surface area contributed by atoms with Gasteiger partial charge >= 0.3 is 0 Å². The maximum Gasteiger partial charge on any atom is 0.261 e. The van der Waals surface area contributed by atoms with E-state index in [1.165, 1.54) is 24.3 Å². The van der Waals surface area contributed by atoms with Crippen LogP contribution in [-0.2, 0) is 20.0 Å². The summed E-state index contributed by atoms with van der Waals surface area (Å²) in [5.41, 5.74) is 1.21. The van der Waals surface area contributed by atoms with Gasteiger partial charge in [-0.05, 0) is 24.3 Å². The van der Waals surface area contributed by atoms with Crippen LogP contribution in [0, 0.1) is 0 Å². The summed E-state index contributed by atoms with van der Waals surface area (Å²) >= 11 is 0. The minimum Gasteiger partial charge on any atom is -0.277 e. The Hall–Kier alpha value is -3.88. The molecule has 0 spiro atoms. The fourth-order valence-corrected chi connectivity index (χ4v) is 5.55. The zero-order valence-electron chi connectivity index (χ0n) is 18.0. The highest BCUT2D eigenvalue weighted by molar-refractivity contribution is 7.90. The van der Waals surface area contributed by atoms with Crippen molar-refractivity contribution >= 4 is 31.4 Å². The summed E-state index contributed by atoms with van der Waals surface area (Å²) in [6.45, 7) is 0. The van der Waals surface area contributed by atoms with Crippen molar-refractivity contribution in [2.45, 2.75) is 9.79 Å². The van der Waals surface area contributed by atoms with Gasteiger partial charge in [-0.15, -0.1) is 0 Å². The van der Waals surface area contributed by atoms with Crippen molar-refractivity contribution in [3.8, 4) is 0 Å². The fourth-order valence-electron chi connectivity index (χ4n) is 3.30. The fraction of sp³-hybridized carbons (Fsp3) is 0. The van der Waals surface area contributed by atoms with E-state index in [1.807, 2.05) is 0 Å². The van der Waals surface area contributed by atoms with Crippen LogP contribution in [0.2, 0.25) is 0 Å². The largest absolute Gasteiger partial charge is 0.277 e. The number of rotatable bonds is 8. The average Bonchev–Trinajstić information content (AvgIpc) is 2.88. The summed E-state index contributed by atoms with van der Waals surface area (Å²) in [6.07, 6.45) is 0. The minimum atomic E-state index is -4.02. The molecule has 4 aromatic carbocycles. The van der Waals surface area contributed by atoms with Crippen molar-refractivity contribution < 1.29 is 16.8 Å². The molecule has 0 saturated carbocycles. The first-order chi connectivity index (χ1) is 16.4. The van der Waals surface area contributed by atoms with Crippen LogP contribution in [0.3, 0.4) is 0 Å². The smallest absolute Gasteiger partial charge is 0.261 e. The molecule has 0 fully saturated rings. The second kappa shape index (κ2) is 9.94. The van der Waals surface area contributed by atoms with Gasteiger partial charge in [-0.1, -0.05) is 97.1 Å². The van der Waals surface area contributed by atoms with Crippen LogP contribution in [0.25, 0.3) is 11.4 Å². The van der Waals surface area contributed by atoms with Crippen molar-refractivity contribution in [2.24, 2.45) is 0 Å². The molecule has 0 unspecified atom stereocenters.